The summed E-state index contributed by atoms with van der Waals surface area (Å²) in [5.41, 5.74) is 4.61. The van der Waals surface area contributed by atoms with E-state index in [0.717, 1.165) is 17.0 Å². The van der Waals surface area contributed by atoms with Crippen molar-refractivity contribution in [3.05, 3.63) is 29.6 Å². The maximum absolute atomic E-state index is 14.8. The van der Waals surface area contributed by atoms with Gasteiger partial charge >= 0.3 is 18.0 Å². The van der Waals surface area contributed by atoms with Gasteiger partial charge in [0.25, 0.3) is 5.91 Å². The molecular formula is C30H43Br2FN6O9. The highest BCUT2D eigenvalue weighted by Crippen LogP contribution is 2.18. The van der Waals surface area contributed by atoms with E-state index in [0.29, 0.717) is 29.9 Å². The minimum atomic E-state index is -1.27. The van der Waals surface area contributed by atoms with Crippen molar-refractivity contribution in [1.82, 2.24) is 20.9 Å². The number of carboxylic acids is 1. The number of urea groups is 1. The Morgan fingerprint density at radius 3 is 2.23 bits per heavy atom. The van der Waals surface area contributed by atoms with Gasteiger partial charge in [0.1, 0.15) is 17.9 Å². The molecule has 0 saturated heterocycles. The third-order valence-electron chi connectivity index (χ3n) is 7.08. The van der Waals surface area contributed by atoms with Crippen LogP contribution in [0.15, 0.2) is 18.2 Å². The van der Waals surface area contributed by atoms with Crippen LogP contribution in [0.5, 0.6) is 0 Å². The number of aliphatic carboxylic acids is 1. The highest BCUT2D eigenvalue weighted by molar-refractivity contribution is 9.09. The lowest BCUT2D eigenvalue weighted by Gasteiger charge is -2.22. The summed E-state index contributed by atoms with van der Waals surface area (Å²) in [5.74, 6) is -5.58. The van der Waals surface area contributed by atoms with E-state index >= 15 is 0 Å². The standard InChI is InChI=1S/C30H43Br2FN6O9/c1-17(48-29(46)19(14-31)15-32)7-4-5-9-24(40)36-16-25(41)38-23(8-6-12-35-30(34)47)26(42)37-20-10-11-21(22(33)13-20)27(43)39(3)18(2)28(44)45/h10-11,13,17-19,23H,4-9,12,14-16H2,1-3H3,(H,36,40)(H,37,42)(H,38,41)(H,44,45)(H3,34,35,47)/t17?,18-,23?/m0/s1. The number of ether oxygens (including phenoxy) is 1. The topological polar surface area (TPSA) is 226 Å². The predicted octanol–water partition coefficient (Wildman–Crippen LogP) is 2.26. The first-order chi connectivity index (χ1) is 22.6. The Labute approximate surface area is 294 Å². The lowest BCUT2D eigenvalue weighted by Crippen LogP contribution is -2.47. The molecule has 15 nitrogen and oxygen atoms in total. The summed E-state index contributed by atoms with van der Waals surface area (Å²) >= 11 is 6.53. The van der Waals surface area contributed by atoms with Crippen molar-refractivity contribution in [3.8, 4) is 0 Å². The van der Waals surface area contributed by atoms with Gasteiger partial charge in [-0.25, -0.2) is 14.0 Å². The summed E-state index contributed by atoms with van der Waals surface area (Å²) < 4.78 is 20.2. The number of esters is 1. The second kappa shape index (κ2) is 22.0. The number of unbranched alkanes of at least 4 members (excludes halogenated alkanes) is 1. The van der Waals surface area contributed by atoms with Gasteiger partial charge in [0, 0.05) is 36.4 Å². The molecule has 0 aliphatic rings. The highest BCUT2D eigenvalue weighted by Gasteiger charge is 2.26. The van der Waals surface area contributed by atoms with Crippen LogP contribution in [0.3, 0.4) is 0 Å². The smallest absolute Gasteiger partial charge is 0.326 e. The molecule has 48 heavy (non-hydrogen) atoms. The number of hydrogen-bond donors (Lipinski definition) is 6. The number of hydrogen-bond acceptors (Lipinski definition) is 8. The van der Waals surface area contributed by atoms with Crippen LogP contribution in [0.2, 0.25) is 0 Å². The van der Waals surface area contributed by atoms with E-state index in [1.165, 1.54) is 20.0 Å². The van der Waals surface area contributed by atoms with E-state index < -0.39 is 65.6 Å². The van der Waals surface area contributed by atoms with Crippen LogP contribution in [0.1, 0.15) is 62.7 Å². The Balaban J connectivity index is 2.72. The predicted molar refractivity (Wildman–Crippen MR) is 181 cm³/mol. The minimum absolute atomic E-state index is 0.0392. The zero-order valence-electron chi connectivity index (χ0n) is 27.0. The largest absolute Gasteiger partial charge is 0.480 e. The Hall–Kier alpha value is -3.80. The van der Waals surface area contributed by atoms with Gasteiger partial charge in [0.05, 0.1) is 24.1 Å². The molecule has 1 aromatic rings. The van der Waals surface area contributed by atoms with Crippen molar-refractivity contribution in [2.75, 3.05) is 36.1 Å². The first-order valence-electron chi connectivity index (χ1n) is 15.1. The van der Waals surface area contributed by atoms with Gasteiger partial charge < -0.3 is 41.7 Å². The average Bonchev–Trinajstić information content (AvgIpc) is 3.02. The van der Waals surface area contributed by atoms with Crippen molar-refractivity contribution in [2.24, 2.45) is 11.7 Å². The van der Waals surface area contributed by atoms with Crippen LogP contribution in [0.4, 0.5) is 14.9 Å². The molecule has 2 unspecified atom stereocenters. The second-order valence-electron chi connectivity index (χ2n) is 10.9. The van der Waals surface area contributed by atoms with E-state index in [1.807, 2.05) is 0 Å². The van der Waals surface area contributed by atoms with Gasteiger partial charge in [0.2, 0.25) is 17.7 Å². The number of halogens is 3. The van der Waals surface area contributed by atoms with Crippen molar-refractivity contribution in [2.45, 2.75) is 70.6 Å². The minimum Gasteiger partial charge on any atom is -0.480 e. The summed E-state index contributed by atoms with van der Waals surface area (Å²) in [7, 11) is 1.22. The Morgan fingerprint density at radius 2 is 1.65 bits per heavy atom. The fraction of sp³-hybridized carbons (Fsp3) is 0.567. The third-order valence-corrected chi connectivity index (χ3v) is 8.64. The number of nitrogens with two attached hydrogens (primary N) is 1. The Bertz CT molecular complexity index is 1300. The van der Waals surface area contributed by atoms with Crippen LogP contribution >= 0.6 is 31.9 Å². The molecule has 0 bridgehead atoms. The molecule has 0 fully saturated rings. The molecular weight excluding hydrogens is 767 g/mol. The maximum Gasteiger partial charge on any atom is 0.326 e. The van der Waals surface area contributed by atoms with Crippen LogP contribution < -0.4 is 27.0 Å². The van der Waals surface area contributed by atoms with E-state index in [-0.39, 0.29) is 49.5 Å². The van der Waals surface area contributed by atoms with Crippen LogP contribution in [0.25, 0.3) is 0 Å². The average molecular weight is 811 g/mol. The molecule has 1 aromatic carbocycles. The van der Waals surface area contributed by atoms with Gasteiger partial charge in [-0.3, -0.25) is 24.0 Å². The molecule has 3 atom stereocenters. The summed E-state index contributed by atoms with van der Waals surface area (Å²) in [6.45, 7) is 2.72. The van der Waals surface area contributed by atoms with Gasteiger partial charge in [-0.1, -0.05) is 31.9 Å². The SMILES string of the molecule is CC(CCCCC(=O)NCC(=O)NC(CCCNC(N)=O)C(=O)Nc1ccc(C(=O)N(C)[C@@H](C)C(=O)O)c(F)c1)OC(=O)C(CBr)CBr. The lowest BCUT2D eigenvalue weighted by atomic mass is 10.1. The number of alkyl halides is 2. The van der Waals surface area contributed by atoms with Crippen molar-refractivity contribution >= 4 is 79.1 Å². The Morgan fingerprint density at radius 1 is 0.979 bits per heavy atom. The number of nitrogens with zero attached hydrogens (tertiary/aromatic N) is 1. The lowest BCUT2D eigenvalue weighted by molar-refractivity contribution is -0.152. The van der Waals surface area contributed by atoms with Gasteiger partial charge in [-0.2, -0.15) is 0 Å². The van der Waals surface area contributed by atoms with Crippen molar-refractivity contribution in [1.29, 1.82) is 0 Å². The molecule has 0 radical (unpaired) electrons. The highest BCUT2D eigenvalue weighted by atomic mass is 79.9. The molecule has 1 rings (SSSR count). The van der Waals surface area contributed by atoms with Gasteiger partial charge in [-0.15, -0.1) is 0 Å². The Kier molecular flexibility index (Phi) is 19.3. The fourth-order valence-corrected chi connectivity index (χ4v) is 5.67. The number of nitrogens with one attached hydrogen (secondary N) is 4. The molecule has 6 amide bonds. The maximum atomic E-state index is 14.8. The van der Waals surface area contributed by atoms with Gasteiger partial charge in [0.15, 0.2) is 0 Å². The number of carbonyl (C=O) groups excluding carboxylic acids is 6. The molecule has 0 aromatic heterocycles. The molecule has 0 saturated carbocycles. The number of benzene rings is 1. The summed E-state index contributed by atoms with van der Waals surface area (Å²) in [4.78, 5) is 85.6. The zero-order chi connectivity index (χ0) is 36.4. The second-order valence-corrected chi connectivity index (χ2v) is 12.2. The summed E-state index contributed by atoms with van der Waals surface area (Å²) in [6, 6.07) is 0.0778. The molecule has 0 spiro atoms. The number of amides is 6. The van der Waals surface area contributed by atoms with Crippen molar-refractivity contribution < 1.29 is 47.8 Å². The first-order valence-corrected chi connectivity index (χ1v) is 17.4. The number of carboxylic acid groups (broad SMARTS) is 1. The molecule has 18 heteroatoms. The molecule has 268 valence electrons. The number of carbonyl (C=O) groups is 7. The normalized spacial score (nSPS) is 12.6. The van der Waals surface area contributed by atoms with Crippen LogP contribution in [-0.4, -0.2) is 101 Å². The third kappa shape index (κ3) is 15.4. The first kappa shape index (κ1) is 42.2. The molecule has 0 heterocycles. The van der Waals surface area contributed by atoms with Crippen molar-refractivity contribution in [3.63, 3.8) is 0 Å². The van der Waals surface area contributed by atoms with E-state index in [1.54, 1.807) is 6.92 Å². The fourth-order valence-electron chi connectivity index (χ4n) is 4.06. The van der Waals surface area contributed by atoms with E-state index in [4.69, 9.17) is 15.6 Å². The molecule has 7 N–H and O–H groups in total. The quantitative estimate of drug-likeness (QED) is 0.0608. The number of primary amides is 1. The number of likely N-dealkylation sites (N-methyl/N-ethyl adjacent to an activating group) is 1. The molecule has 0 aliphatic carbocycles. The number of rotatable bonds is 21. The molecule has 0 aliphatic heterocycles. The zero-order valence-corrected chi connectivity index (χ0v) is 30.2. The van der Waals surface area contributed by atoms with E-state index in [2.05, 4.69) is 53.1 Å². The summed E-state index contributed by atoms with van der Waals surface area (Å²) in [5, 5.41) is 19.9. The van der Waals surface area contributed by atoms with Crippen LogP contribution in [-0.2, 0) is 28.7 Å². The van der Waals surface area contributed by atoms with Gasteiger partial charge in [-0.05, 0) is 64.2 Å². The number of anilines is 1. The summed E-state index contributed by atoms with van der Waals surface area (Å²) in [6.07, 6.45) is 1.72. The van der Waals surface area contributed by atoms with Crippen LogP contribution in [0, 0.1) is 11.7 Å². The monoisotopic (exact) mass is 808 g/mol. The van der Waals surface area contributed by atoms with E-state index in [9.17, 15) is 38.0 Å².